The van der Waals surface area contributed by atoms with Crippen molar-refractivity contribution in [2.75, 3.05) is 13.2 Å². The average Bonchev–Trinajstić information content (AvgIpc) is 3.21. The molecular weight excluding hydrogens is 601 g/mol. The Kier molecular flexibility index (Phi) is 11.6. The van der Waals surface area contributed by atoms with Crippen molar-refractivity contribution < 1.29 is 13.3 Å². The van der Waals surface area contributed by atoms with Crippen LogP contribution in [0.5, 0.6) is 0 Å². The molecule has 0 amide bonds. The zero-order valence-electron chi connectivity index (χ0n) is 33.6. The Morgan fingerprint density at radius 2 is 1.20 bits per heavy atom. The molecule has 0 aromatic heterocycles. The predicted octanol–water partition coefficient (Wildman–Crippen LogP) is 12.6. The molecule has 3 aliphatic carbocycles. The molecule has 0 aromatic rings. The van der Waals surface area contributed by atoms with Crippen LogP contribution in [0, 0.1) is 34.5 Å². The second kappa shape index (κ2) is 13.2. The summed E-state index contributed by atoms with van der Waals surface area (Å²) in [5.41, 5.74) is 2.29. The minimum absolute atomic E-state index is 0.216. The lowest BCUT2D eigenvalue weighted by Crippen LogP contribution is -2.55. The molecule has 0 aromatic carbocycles. The van der Waals surface area contributed by atoms with Crippen LogP contribution in [0.1, 0.15) is 128 Å². The van der Waals surface area contributed by atoms with E-state index in [0.717, 1.165) is 19.6 Å². The van der Waals surface area contributed by atoms with E-state index in [1.165, 1.54) is 38.5 Å². The maximum atomic E-state index is 7.22. The first-order chi connectivity index (χ1) is 20.1. The van der Waals surface area contributed by atoms with E-state index in [1.807, 2.05) is 0 Å². The monoisotopic (exact) mass is 679 g/mol. The predicted molar refractivity (Wildman–Crippen MR) is 205 cm³/mol. The third kappa shape index (κ3) is 8.03. The highest BCUT2D eigenvalue weighted by molar-refractivity contribution is 6.74. The summed E-state index contributed by atoms with van der Waals surface area (Å²) in [6, 6.07) is 0. The lowest BCUT2D eigenvalue weighted by atomic mass is 9.49. The van der Waals surface area contributed by atoms with Crippen LogP contribution in [0.15, 0.2) is 11.6 Å². The number of fused-ring (bicyclic) bond motifs is 1. The van der Waals surface area contributed by atoms with Crippen LogP contribution < -0.4 is 0 Å². The zero-order chi connectivity index (χ0) is 34.7. The molecule has 3 aliphatic rings. The van der Waals surface area contributed by atoms with E-state index in [0.29, 0.717) is 35.2 Å². The SMILES string of the molecule is CC=C1CCC2[C@H](CO[Si](C)(C)C(C)(C)C)C([C@@]3(C)CC[C@H](O[Si](C)(C)C(C)(C)C)C[C@@H]3CO[Si](C)(C)C(C)(C)C)CC[C@]12C. The van der Waals surface area contributed by atoms with Gasteiger partial charge in [-0.3, -0.25) is 0 Å². The lowest BCUT2D eigenvalue weighted by molar-refractivity contribution is -0.1000. The zero-order valence-corrected chi connectivity index (χ0v) is 36.6. The highest BCUT2D eigenvalue weighted by Gasteiger charge is 2.58. The second-order valence-electron chi connectivity index (χ2n) is 20.8. The highest BCUT2D eigenvalue weighted by Crippen LogP contribution is 2.64. The van der Waals surface area contributed by atoms with Gasteiger partial charge in [0.05, 0.1) is 0 Å². The Morgan fingerprint density at radius 3 is 1.69 bits per heavy atom. The fourth-order valence-corrected chi connectivity index (χ4v) is 12.0. The van der Waals surface area contributed by atoms with Gasteiger partial charge in [0.1, 0.15) is 0 Å². The van der Waals surface area contributed by atoms with Gasteiger partial charge in [-0.05, 0) is 141 Å². The fourth-order valence-electron chi connectivity index (χ4n) is 8.53. The van der Waals surface area contributed by atoms with Crippen molar-refractivity contribution in [2.24, 2.45) is 34.5 Å². The van der Waals surface area contributed by atoms with Gasteiger partial charge in [0, 0.05) is 19.3 Å². The van der Waals surface area contributed by atoms with Crippen molar-refractivity contribution in [2.45, 2.75) is 189 Å². The molecule has 6 heteroatoms. The van der Waals surface area contributed by atoms with Crippen molar-refractivity contribution in [1.29, 1.82) is 0 Å². The Bertz CT molecular complexity index is 1040. The molecule has 0 bridgehead atoms. The molecule has 0 spiro atoms. The van der Waals surface area contributed by atoms with Gasteiger partial charge in [0.2, 0.25) is 0 Å². The van der Waals surface area contributed by atoms with E-state index in [9.17, 15) is 0 Å². The molecule has 264 valence electrons. The summed E-state index contributed by atoms with van der Waals surface area (Å²) in [7, 11) is -5.61. The van der Waals surface area contributed by atoms with Crippen LogP contribution in [0.25, 0.3) is 0 Å². The van der Waals surface area contributed by atoms with Crippen LogP contribution in [0.2, 0.25) is 54.4 Å². The average molecular weight is 679 g/mol. The summed E-state index contributed by atoms with van der Waals surface area (Å²) in [6.07, 6.45) is 11.6. The minimum Gasteiger partial charge on any atom is -0.417 e. The summed E-state index contributed by atoms with van der Waals surface area (Å²) in [6.45, 7) is 45.6. The summed E-state index contributed by atoms with van der Waals surface area (Å²) < 4.78 is 21.6. The molecule has 0 aliphatic heterocycles. The third-order valence-corrected chi connectivity index (χ3v) is 28.7. The second-order valence-corrected chi connectivity index (χ2v) is 35.2. The molecule has 0 N–H and O–H groups in total. The van der Waals surface area contributed by atoms with Gasteiger partial charge < -0.3 is 13.3 Å². The Labute approximate surface area is 285 Å². The molecular formula is C39H78O3Si3. The molecule has 3 fully saturated rings. The molecule has 0 radical (unpaired) electrons. The summed E-state index contributed by atoms with van der Waals surface area (Å²) >= 11 is 0. The van der Waals surface area contributed by atoms with Crippen LogP contribution in [-0.2, 0) is 13.3 Å². The molecule has 2 unspecified atom stereocenters. The highest BCUT2D eigenvalue weighted by atomic mass is 28.4. The van der Waals surface area contributed by atoms with E-state index in [1.54, 1.807) is 5.57 Å². The Balaban J connectivity index is 2.02. The van der Waals surface area contributed by atoms with Crippen molar-refractivity contribution in [3.8, 4) is 0 Å². The first-order valence-electron chi connectivity index (χ1n) is 18.7. The van der Waals surface area contributed by atoms with Crippen LogP contribution in [-0.4, -0.2) is 44.3 Å². The van der Waals surface area contributed by atoms with Gasteiger partial charge in [0.25, 0.3) is 0 Å². The smallest absolute Gasteiger partial charge is 0.192 e. The first-order valence-corrected chi connectivity index (χ1v) is 27.5. The molecule has 45 heavy (non-hydrogen) atoms. The number of hydrogen-bond donors (Lipinski definition) is 0. The lowest BCUT2D eigenvalue weighted by Gasteiger charge is -2.58. The van der Waals surface area contributed by atoms with Crippen LogP contribution in [0.4, 0.5) is 0 Å². The van der Waals surface area contributed by atoms with Gasteiger partial charge in [0.15, 0.2) is 25.0 Å². The van der Waals surface area contributed by atoms with E-state index in [4.69, 9.17) is 13.3 Å². The Hall–Kier alpha value is 0.271. The molecule has 3 rings (SSSR count). The maximum absolute atomic E-state index is 7.22. The Morgan fingerprint density at radius 1 is 0.689 bits per heavy atom. The quantitative estimate of drug-likeness (QED) is 0.179. The van der Waals surface area contributed by atoms with E-state index < -0.39 is 25.0 Å². The number of allylic oxidation sites excluding steroid dienone is 2. The van der Waals surface area contributed by atoms with Crippen molar-refractivity contribution in [3.63, 3.8) is 0 Å². The molecule has 3 saturated carbocycles. The molecule has 0 saturated heterocycles. The van der Waals surface area contributed by atoms with Gasteiger partial charge in [-0.25, -0.2) is 0 Å². The largest absolute Gasteiger partial charge is 0.417 e. The van der Waals surface area contributed by atoms with Gasteiger partial charge in [-0.15, -0.1) is 0 Å². The van der Waals surface area contributed by atoms with Crippen LogP contribution in [0.3, 0.4) is 0 Å². The molecule has 3 nitrogen and oxygen atoms in total. The maximum Gasteiger partial charge on any atom is 0.192 e. The summed E-state index contributed by atoms with van der Waals surface area (Å²) in [5.74, 6) is 2.50. The standard InChI is InChI=1S/C39H78O3Si3/c1-19-29-20-21-33-32(28-41-44(15,16)36(5,6)7)34(23-25-38(29,33)11)39(12)24-22-31(42-45(17,18)37(8,9)10)26-30(39)27-40-43(13,14)35(2,3)4/h19,30-34H,20-28H2,1-18H3/t30-,31+,32+,33?,34?,38-,39+/m1/s1. The molecule has 0 heterocycles. The van der Waals surface area contributed by atoms with Crippen molar-refractivity contribution >= 4 is 25.0 Å². The number of hydrogen-bond acceptors (Lipinski definition) is 3. The summed E-state index contributed by atoms with van der Waals surface area (Å²) in [4.78, 5) is 0. The topological polar surface area (TPSA) is 27.7 Å². The van der Waals surface area contributed by atoms with E-state index >= 15 is 0 Å². The normalized spacial score (nSPS) is 35.2. The fraction of sp³-hybridized carbons (Fsp3) is 0.949. The number of rotatable bonds is 9. The van der Waals surface area contributed by atoms with Gasteiger partial charge in [-0.1, -0.05) is 87.8 Å². The summed E-state index contributed by atoms with van der Waals surface area (Å²) in [5, 5.41) is 0.676. The minimum atomic E-state index is -1.88. The van der Waals surface area contributed by atoms with Gasteiger partial charge >= 0.3 is 0 Å². The third-order valence-electron chi connectivity index (χ3n) is 15.1. The van der Waals surface area contributed by atoms with Crippen molar-refractivity contribution in [1.82, 2.24) is 0 Å². The van der Waals surface area contributed by atoms with Crippen LogP contribution >= 0.6 is 0 Å². The van der Waals surface area contributed by atoms with Crippen molar-refractivity contribution in [3.05, 3.63) is 11.6 Å². The van der Waals surface area contributed by atoms with E-state index in [-0.39, 0.29) is 20.5 Å². The van der Waals surface area contributed by atoms with Gasteiger partial charge in [-0.2, -0.15) is 0 Å². The first kappa shape index (κ1) is 39.7. The van der Waals surface area contributed by atoms with E-state index in [2.05, 4.69) is 128 Å². The molecule has 7 atom stereocenters.